The number of thiophene rings is 1. The van der Waals surface area contributed by atoms with Crippen LogP contribution in [0.4, 0.5) is 0 Å². The maximum atomic E-state index is 11.8. The van der Waals surface area contributed by atoms with Gasteiger partial charge in [0.1, 0.15) is 0 Å². The zero-order chi connectivity index (χ0) is 13.5. The molecular formula is C12H15BrO4S. The van der Waals surface area contributed by atoms with Gasteiger partial charge in [0.15, 0.2) is 5.92 Å². The molecule has 1 heterocycles. The number of esters is 2. The third kappa shape index (κ3) is 4.10. The van der Waals surface area contributed by atoms with Crippen molar-refractivity contribution < 1.29 is 19.1 Å². The van der Waals surface area contributed by atoms with Crippen LogP contribution in [0.2, 0.25) is 0 Å². The van der Waals surface area contributed by atoms with Crippen molar-refractivity contribution in [3.8, 4) is 0 Å². The molecule has 0 aliphatic carbocycles. The van der Waals surface area contributed by atoms with Gasteiger partial charge in [-0.25, -0.2) is 0 Å². The molecule has 6 heteroatoms. The third-order valence-electron chi connectivity index (χ3n) is 2.22. The van der Waals surface area contributed by atoms with E-state index in [1.54, 1.807) is 13.8 Å². The molecule has 0 aromatic carbocycles. The summed E-state index contributed by atoms with van der Waals surface area (Å²) in [6.45, 7) is 3.92. The predicted molar refractivity (Wildman–Crippen MR) is 72.5 cm³/mol. The van der Waals surface area contributed by atoms with Crippen LogP contribution < -0.4 is 0 Å². The van der Waals surface area contributed by atoms with Crippen LogP contribution in [-0.4, -0.2) is 25.2 Å². The van der Waals surface area contributed by atoms with Gasteiger partial charge in [-0.2, -0.15) is 0 Å². The summed E-state index contributed by atoms with van der Waals surface area (Å²) in [5.41, 5.74) is 0. The van der Waals surface area contributed by atoms with Crippen molar-refractivity contribution in [3.63, 3.8) is 0 Å². The molecule has 0 saturated heterocycles. The van der Waals surface area contributed by atoms with E-state index in [1.165, 1.54) is 11.3 Å². The molecule has 0 fully saturated rings. The summed E-state index contributed by atoms with van der Waals surface area (Å²) in [4.78, 5) is 24.5. The molecule has 100 valence electrons. The summed E-state index contributed by atoms with van der Waals surface area (Å²) >= 11 is 4.86. The Morgan fingerprint density at radius 1 is 1.28 bits per heavy atom. The van der Waals surface area contributed by atoms with Gasteiger partial charge in [-0.1, -0.05) is 0 Å². The lowest BCUT2D eigenvalue weighted by Gasteiger charge is -2.13. The van der Waals surface area contributed by atoms with Gasteiger partial charge >= 0.3 is 11.9 Å². The molecule has 0 radical (unpaired) electrons. The minimum atomic E-state index is -0.889. The quantitative estimate of drug-likeness (QED) is 0.593. The summed E-state index contributed by atoms with van der Waals surface area (Å²) in [6.07, 6.45) is 0.302. The van der Waals surface area contributed by atoms with Crippen molar-refractivity contribution in [2.45, 2.75) is 20.3 Å². The molecule has 4 nitrogen and oxygen atoms in total. The SMILES string of the molecule is CCOC(=O)C(Cc1sccc1Br)C(=O)OCC. The highest BCUT2D eigenvalue weighted by atomic mass is 79.9. The second-order valence-corrected chi connectivity index (χ2v) is 5.31. The fourth-order valence-corrected chi connectivity index (χ4v) is 2.97. The lowest BCUT2D eigenvalue weighted by Crippen LogP contribution is -2.29. The number of carbonyl (C=O) groups is 2. The summed E-state index contributed by atoms with van der Waals surface area (Å²) in [7, 11) is 0. The van der Waals surface area contributed by atoms with E-state index in [2.05, 4.69) is 15.9 Å². The Kier molecular flexibility index (Phi) is 6.35. The number of ether oxygens (including phenoxy) is 2. The molecule has 0 saturated carbocycles. The minimum absolute atomic E-state index is 0.250. The van der Waals surface area contributed by atoms with Crippen LogP contribution in [0.3, 0.4) is 0 Å². The predicted octanol–water partition coefficient (Wildman–Crippen LogP) is 2.80. The van der Waals surface area contributed by atoms with E-state index in [0.29, 0.717) is 6.42 Å². The first-order valence-electron chi connectivity index (χ1n) is 5.65. The third-order valence-corrected chi connectivity index (χ3v) is 4.17. The number of halogens is 1. The summed E-state index contributed by atoms with van der Waals surface area (Å²) in [5.74, 6) is -1.95. The average Bonchev–Trinajstić information content (AvgIpc) is 2.72. The zero-order valence-electron chi connectivity index (χ0n) is 10.3. The van der Waals surface area contributed by atoms with E-state index in [4.69, 9.17) is 9.47 Å². The van der Waals surface area contributed by atoms with E-state index >= 15 is 0 Å². The van der Waals surface area contributed by atoms with Crippen LogP contribution in [0.25, 0.3) is 0 Å². The second-order valence-electron chi connectivity index (χ2n) is 3.45. The smallest absolute Gasteiger partial charge is 0.320 e. The fraction of sp³-hybridized carbons (Fsp3) is 0.500. The van der Waals surface area contributed by atoms with Gasteiger partial charge in [0.25, 0.3) is 0 Å². The highest BCUT2D eigenvalue weighted by molar-refractivity contribution is 9.10. The second kappa shape index (κ2) is 7.53. The minimum Gasteiger partial charge on any atom is -0.465 e. The average molecular weight is 335 g/mol. The molecule has 1 aromatic heterocycles. The monoisotopic (exact) mass is 334 g/mol. The van der Waals surface area contributed by atoms with E-state index in [-0.39, 0.29) is 13.2 Å². The first kappa shape index (κ1) is 15.2. The van der Waals surface area contributed by atoms with Gasteiger partial charge in [0, 0.05) is 15.8 Å². The molecule has 0 unspecified atom stereocenters. The molecule has 0 atom stereocenters. The number of carbonyl (C=O) groups excluding carboxylic acids is 2. The van der Waals surface area contributed by atoms with Gasteiger partial charge in [-0.15, -0.1) is 11.3 Å². The lowest BCUT2D eigenvalue weighted by atomic mass is 10.1. The molecule has 1 rings (SSSR count). The van der Waals surface area contributed by atoms with E-state index in [1.807, 2.05) is 11.4 Å². The van der Waals surface area contributed by atoms with E-state index < -0.39 is 17.9 Å². The summed E-state index contributed by atoms with van der Waals surface area (Å²) in [5, 5.41) is 1.90. The van der Waals surface area contributed by atoms with Crippen molar-refractivity contribution >= 4 is 39.2 Å². The first-order chi connectivity index (χ1) is 8.60. The summed E-state index contributed by atoms with van der Waals surface area (Å²) in [6, 6.07) is 1.88. The van der Waals surface area contributed by atoms with Crippen molar-refractivity contribution in [2.75, 3.05) is 13.2 Å². The van der Waals surface area contributed by atoms with Gasteiger partial charge in [-0.05, 0) is 41.2 Å². The van der Waals surface area contributed by atoms with Gasteiger partial charge < -0.3 is 9.47 Å². The number of hydrogen-bond donors (Lipinski definition) is 0. The Morgan fingerprint density at radius 2 is 1.83 bits per heavy atom. The molecule has 0 spiro atoms. The standard InChI is InChI=1S/C12H15BrO4S/c1-3-16-11(14)8(12(15)17-4-2)7-10-9(13)5-6-18-10/h5-6,8H,3-4,7H2,1-2H3. The zero-order valence-corrected chi connectivity index (χ0v) is 12.7. The van der Waals surface area contributed by atoms with Crippen molar-refractivity contribution in [3.05, 3.63) is 20.8 Å². The largest absolute Gasteiger partial charge is 0.465 e. The van der Waals surface area contributed by atoms with Crippen molar-refractivity contribution in [1.82, 2.24) is 0 Å². The Morgan fingerprint density at radius 3 is 2.22 bits per heavy atom. The Balaban J connectivity index is 2.80. The first-order valence-corrected chi connectivity index (χ1v) is 7.32. The molecule has 0 aliphatic rings. The molecule has 0 N–H and O–H groups in total. The van der Waals surface area contributed by atoms with Crippen molar-refractivity contribution in [1.29, 1.82) is 0 Å². The lowest BCUT2D eigenvalue weighted by molar-refractivity contribution is -0.161. The Bertz CT molecular complexity index is 398. The molecular weight excluding hydrogens is 320 g/mol. The van der Waals surface area contributed by atoms with Gasteiger partial charge in [0.2, 0.25) is 0 Å². The number of hydrogen-bond acceptors (Lipinski definition) is 5. The summed E-state index contributed by atoms with van der Waals surface area (Å²) < 4.78 is 10.7. The highest BCUT2D eigenvalue weighted by Crippen LogP contribution is 2.26. The highest BCUT2D eigenvalue weighted by Gasteiger charge is 2.30. The Hall–Kier alpha value is -0.880. The Labute approximate surface area is 118 Å². The number of rotatable bonds is 6. The maximum Gasteiger partial charge on any atom is 0.320 e. The van der Waals surface area contributed by atoms with E-state index in [9.17, 15) is 9.59 Å². The molecule has 18 heavy (non-hydrogen) atoms. The maximum absolute atomic E-state index is 11.8. The van der Waals surface area contributed by atoms with Gasteiger partial charge in [-0.3, -0.25) is 9.59 Å². The van der Waals surface area contributed by atoms with Crippen LogP contribution in [-0.2, 0) is 25.5 Å². The fourth-order valence-electron chi connectivity index (χ4n) is 1.40. The van der Waals surface area contributed by atoms with Crippen molar-refractivity contribution in [2.24, 2.45) is 5.92 Å². The van der Waals surface area contributed by atoms with Crippen LogP contribution >= 0.6 is 27.3 Å². The molecule has 1 aromatic rings. The van der Waals surface area contributed by atoms with Crippen LogP contribution in [0.5, 0.6) is 0 Å². The normalized spacial score (nSPS) is 10.4. The molecule has 0 bridgehead atoms. The van der Waals surface area contributed by atoms with E-state index in [0.717, 1.165) is 9.35 Å². The van der Waals surface area contributed by atoms with Gasteiger partial charge in [0.05, 0.1) is 13.2 Å². The molecule has 0 aliphatic heterocycles. The van der Waals surface area contributed by atoms with Crippen LogP contribution in [0.1, 0.15) is 18.7 Å². The molecule has 0 amide bonds. The topological polar surface area (TPSA) is 52.6 Å². The van der Waals surface area contributed by atoms with Crippen LogP contribution in [0.15, 0.2) is 15.9 Å². The van der Waals surface area contributed by atoms with Crippen LogP contribution in [0, 0.1) is 5.92 Å².